The van der Waals surface area contributed by atoms with Gasteiger partial charge in [0.15, 0.2) is 6.04 Å². The highest BCUT2D eigenvalue weighted by molar-refractivity contribution is 7.81. The highest BCUT2D eigenvalue weighted by Gasteiger charge is 2.35. The lowest BCUT2D eigenvalue weighted by Gasteiger charge is -2.29. The van der Waals surface area contributed by atoms with Crippen molar-refractivity contribution in [2.45, 2.75) is 89.2 Å². The number of carbonyl (C=O) groups excluding carboxylic acids is 6. The number of benzene rings is 2. The van der Waals surface area contributed by atoms with E-state index in [1.54, 1.807) is 13.8 Å². The zero-order chi connectivity index (χ0) is 43.2. The summed E-state index contributed by atoms with van der Waals surface area (Å²) in [6.07, 6.45) is -2.62. The smallest absolute Gasteiger partial charge is 0.279 e. The van der Waals surface area contributed by atoms with E-state index in [9.17, 15) is 64.9 Å². The number of nitrogens with one attached hydrogen (secondary N) is 4. The molecule has 0 aliphatic rings. The third kappa shape index (κ3) is 17.1. The molecule has 2 aromatic rings. The molecule has 0 spiro atoms. The van der Waals surface area contributed by atoms with Gasteiger partial charge in [-0.15, -0.1) is 0 Å². The highest BCUT2D eigenvalue weighted by atomic mass is 32.3. The van der Waals surface area contributed by atoms with Crippen LogP contribution in [0.4, 0.5) is 0 Å². The van der Waals surface area contributed by atoms with Crippen LogP contribution in [0.1, 0.15) is 51.2 Å². The average Bonchev–Trinajstić information content (AvgIpc) is 3.10. The lowest BCUT2D eigenvalue weighted by molar-refractivity contribution is -0.403. The molecule has 2 aromatic carbocycles. The first-order valence-corrected chi connectivity index (χ1v) is 19.8. The van der Waals surface area contributed by atoms with Gasteiger partial charge in [-0.1, -0.05) is 44.5 Å². The summed E-state index contributed by atoms with van der Waals surface area (Å²) in [4.78, 5) is 76.8. The summed E-state index contributed by atoms with van der Waals surface area (Å²) < 4.78 is 74.1. The number of aliphatic hydroxyl groups excluding tert-OH is 1. The second-order valence-electron chi connectivity index (χ2n) is 12.9. The fourth-order valence-corrected chi connectivity index (χ4v) is 5.80. The molecule has 316 valence electrons. The standard InChI is InChI=1S/C33H46N6O16S2/c1-4-17(2)27(38-29(42)23(34)15-19-5-9-21(10-6-19)54-56(48,49)50)31(44)37-25(16-20-7-11-22(12-8-20)55-57(51,52)53)30(43)39-28(18(3)40)32(45)36-24(33(46)47)13-14-26(35)41/h5-12,17-18,23-25,27-28,40H,4,13-16,34H2,1-3H3,(H2,35,41)(H,36,45)(H,37,44)(H,38,42)(H,39,43)(H,46,47)(H,48,49,50)(H,51,52,53)/p-2/t17-,18+,23-,24-,25-,27-,28-/m0/s1. The van der Waals surface area contributed by atoms with Gasteiger partial charge in [0.1, 0.15) is 29.6 Å². The Labute approximate surface area is 327 Å². The normalized spacial score (nSPS) is 15.3. The van der Waals surface area contributed by atoms with Crippen LogP contribution in [0.15, 0.2) is 48.5 Å². The second kappa shape index (κ2) is 21.2. The Morgan fingerprint density at radius 2 is 1.16 bits per heavy atom. The summed E-state index contributed by atoms with van der Waals surface area (Å²) in [6.45, 7) is 4.44. The molecule has 2 rings (SSSR count). The summed E-state index contributed by atoms with van der Waals surface area (Å²) in [7, 11) is -10.1. The molecule has 0 aromatic heterocycles. The number of nitrogens with two attached hydrogens (primary N) is 1. The summed E-state index contributed by atoms with van der Waals surface area (Å²) >= 11 is 0. The average molecular weight is 845 g/mol. The molecule has 10 N–H and O–H groups in total. The monoisotopic (exact) mass is 844 g/mol. The third-order valence-corrected chi connectivity index (χ3v) is 9.10. The SMILES string of the molecule is CC[C@H](C)[C@H](NC(=O)[C@@H]([NH3+])Cc1ccc(OS(=O)(=O)[O-])cc1)C(=O)N[C@@H](Cc1ccc(OS(=O)(=O)[O-])cc1)C(=O)N[C@H](C(=O)N[C@@H](CCC(N)=O)C(=O)[O-])[C@@H](C)O. The van der Waals surface area contributed by atoms with Gasteiger partial charge in [0.2, 0.25) is 23.6 Å². The molecule has 0 radical (unpaired) electrons. The van der Waals surface area contributed by atoms with Gasteiger partial charge in [0.25, 0.3) is 26.7 Å². The predicted molar refractivity (Wildman–Crippen MR) is 190 cm³/mol. The van der Waals surface area contributed by atoms with E-state index in [4.69, 9.17) is 5.73 Å². The van der Waals surface area contributed by atoms with Gasteiger partial charge < -0.3 is 65.2 Å². The van der Waals surface area contributed by atoms with Crippen LogP contribution in [0, 0.1) is 5.92 Å². The maximum absolute atomic E-state index is 13.9. The van der Waals surface area contributed by atoms with E-state index in [-0.39, 0.29) is 29.9 Å². The fraction of sp³-hybridized carbons (Fsp3) is 0.455. The Hall–Kier alpha value is -5.40. The van der Waals surface area contributed by atoms with E-state index in [0.29, 0.717) is 12.0 Å². The van der Waals surface area contributed by atoms with Gasteiger partial charge in [0.05, 0.1) is 18.1 Å². The molecule has 0 bridgehead atoms. The minimum Gasteiger partial charge on any atom is -0.716 e. The summed E-state index contributed by atoms with van der Waals surface area (Å²) in [5, 5.41) is 31.4. The Bertz CT molecular complexity index is 1960. The van der Waals surface area contributed by atoms with Crippen LogP contribution in [-0.2, 0) is 62.4 Å². The van der Waals surface area contributed by atoms with Crippen LogP contribution in [-0.4, -0.2) is 103 Å². The van der Waals surface area contributed by atoms with E-state index >= 15 is 0 Å². The quantitative estimate of drug-likeness (QED) is 0.0407. The molecule has 0 fully saturated rings. The van der Waals surface area contributed by atoms with Crippen molar-refractivity contribution in [3.05, 3.63) is 59.7 Å². The molecule has 0 saturated carbocycles. The summed E-state index contributed by atoms with van der Waals surface area (Å²) in [6, 6.07) is 2.40. The van der Waals surface area contributed by atoms with Gasteiger partial charge in [-0.2, -0.15) is 0 Å². The van der Waals surface area contributed by atoms with E-state index < -0.39 is 111 Å². The van der Waals surface area contributed by atoms with Gasteiger partial charge in [0, 0.05) is 19.3 Å². The molecule has 0 saturated heterocycles. The number of rotatable bonds is 23. The van der Waals surface area contributed by atoms with Crippen LogP contribution < -0.4 is 46.2 Å². The molecule has 0 heterocycles. The number of aliphatic hydroxyl groups is 1. The predicted octanol–water partition coefficient (Wildman–Crippen LogP) is -4.86. The van der Waals surface area contributed by atoms with Crippen LogP contribution >= 0.6 is 0 Å². The minimum absolute atomic E-state index is 0.00636. The van der Waals surface area contributed by atoms with E-state index in [0.717, 1.165) is 19.1 Å². The number of hydrogen-bond acceptors (Lipinski definition) is 16. The molecule has 57 heavy (non-hydrogen) atoms. The van der Waals surface area contributed by atoms with Crippen molar-refractivity contribution in [1.29, 1.82) is 0 Å². The number of carboxylic acid groups (broad SMARTS) is 1. The molecule has 22 nitrogen and oxygen atoms in total. The number of amides is 5. The van der Waals surface area contributed by atoms with Gasteiger partial charge in [-0.3, -0.25) is 24.0 Å². The second-order valence-corrected chi connectivity index (χ2v) is 14.9. The number of carbonyl (C=O) groups is 6. The van der Waals surface area contributed by atoms with Gasteiger partial charge in [-0.25, -0.2) is 16.8 Å². The van der Waals surface area contributed by atoms with E-state index in [1.165, 1.54) is 36.4 Å². The van der Waals surface area contributed by atoms with E-state index in [2.05, 4.69) is 35.4 Å². The maximum atomic E-state index is 13.9. The van der Waals surface area contributed by atoms with Crippen molar-refractivity contribution in [2.24, 2.45) is 11.7 Å². The largest absolute Gasteiger partial charge is 0.716 e. The Kier molecular flexibility index (Phi) is 17.8. The Morgan fingerprint density at radius 3 is 1.58 bits per heavy atom. The van der Waals surface area contributed by atoms with Crippen molar-refractivity contribution in [2.75, 3.05) is 0 Å². The number of carboxylic acids is 1. The lowest BCUT2D eigenvalue weighted by Crippen LogP contribution is -2.70. The third-order valence-electron chi connectivity index (χ3n) is 8.31. The Morgan fingerprint density at radius 1 is 0.719 bits per heavy atom. The van der Waals surface area contributed by atoms with Crippen molar-refractivity contribution in [1.82, 2.24) is 21.3 Å². The van der Waals surface area contributed by atoms with Crippen LogP contribution in [0.3, 0.4) is 0 Å². The zero-order valence-corrected chi connectivity index (χ0v) is 32.5. The van der Waals surface area contributed by atoms with E-state index in [1.807, 2.05) is 0 Å². The minimum atomic E-state index is -5.13. The molecular formula is C33H44N6O16S2-2. The van der Waals surface area contributed by atoms with Crippen molar-refractivity contribution < 1.29 is 79.0 Å². The van der Waals surface area contributed by atoms with Gasteiger partial charge in [-0.05, 0) is 54.7 Å². The summed E-state index contributed by atoms with van der Waals surface area (Å²) in [5.74, 6) is -7.72. The molecular weight excluding hydrogens is 801 g/mol. The number of primary amides is 1. The summed E-state index contributed by atoms with van der Waals surface area (Å²) in [5.41, 5.74) is 9.62. The first-order chi connectivity index (χ1) is 26.4. The number of hydrogen-bond donors (Lipinski definition) is 7. The molecule has 0 unspecified atom stereocenters. The van der Waals surface area contributed by atoms with Crippen LogP contribution in [0.25, 0.3) is 0 Å². The van der Waals surface area contributed by atoms with Crippen LogP contribution in [0.2, 0.25) is 0 Å². The maximum Gasteiger partial charge on any atom is 0.279 e. The first kappa shape index (κ1) is 47.8. The Balaban J connectivity index is 2.37. The van der Waals surface area contributed by atoms with Crippen molar-refractivity contribution in [3.63, 3.8) is 0 Å². The fourth-order valence-electron chi connectivity index (χ4n) is 5.11. The number of aliphatic carboxylic acids is 1. The first-order valence-electron chi connectivity index (χ1n) is 17.1. The molecule has 7 atom stereocenters. The zero-order valence-electron chi connectivity index (χ0n) is 30.9. The highest BCUT2D eigenvalue weighted by Crippen LogP contribution is 2.17. The molecule has 0 aliphatic carbocycles. The van der Waals surface area contributed by atoms with Gasteiger partial charge >= 0.3 is 0 Å². The molecule has 24 heteroatoms. The van der Waals surface area contributed by atoms with Crippen molar-refractivity contribution >= 4 is 56.3 Å². The topological polar surface area (TPSA) is 380 Å². The van der Waals surface area contributed by atoms with Crippen molar-refractivity contribution in [3.8, 4) is 11.5 Å². The lowest BCUT2D eigenvalue weighted by atomic mass is 9.96. The molecule has 5 amide bonds. The molecule has 0 aliphatic heterocycles. The number of quaternary nitrogens is 1. The van der Waals surface area contributed by atoms with Crippen LogP contribution in [0.5, 0.6) is 11.5 Å².